The number of carbonyl (C=O) groups is 1. The maximum atomic E-state index is 11.5. The van der Waals surface area contributed by atoms with E-state index >= 15 is 0 Å². The number of esters is 1. The summed E-state index contributed by atoms with van der Waals surface area (Å²) in [5.74, 6) is -0.254. The van der Waals surface area contributed by atoms with Crippen molar-refractivity contribution in [1.29, 1.82) is 0 Å². The summed E-state index contributed by atoms with van der Waals surface area (Å²) < 4.78 is 5.11. The van der Waals surface area contributed by atoms with Gasteiger partial charge in [0.05, 0.1) is 6.61 Å². The van der Waals surface area contributed by atoms with E-state index in [0.29, 0.717) is 6.61 Å². The molecule has 1 saturated heterocycles. The number of ether oxygens (including phenoxy) is 1. The number of hydrogen-bond acceptors (Lipinski definition) is 4. The summed E-state index contributed by atoms with van der Waals surface area (Å²) in [4.78, 5) is 20.8. The van der Waals surface area contributed by atoms with Crippen LogP contribution < -0.4 is 0 Å². The molecule has 4 nitrogen and oxygen atoms in total. The first-order valence-corrected chi connectivity index (χ1v) is 5.08. The van der Waals surface area contributed by atoms with Gasteiger partial charge in [-0.1, -0.05) is 19.8 Å². The van der Waals surface area contributed by atoms with Gasteiger partial charge in [-0.2, -0.15) is 9.78 Å². The average Bonchev–Trinajstić information content (AvgIpc) is 2.94. The summed E-state index contributed by atoms with van der Waals surface area (Å²) in [5, 5.41) is 0. The predicted octanol–water partition coefficient (Wildman–Crippen LogP) is 2.03. The third kappa shape index (κ3) is 2.96. The lowest BCUT2D eigenvalue weighted by Crippen LogP contribution is -2.32. The van der Waals surface area contributed by atoms with Crippen LogP contribution in [0.4, 0.5) is 0 Å². The Morgan fingerprint density at radius 2 is 2.00 bits per heavy atom. The monoisotopic (exact) mass is 202 g/mol. The Morgan fingerprint density at radius 3 is 2.50 bits per heavy atom. The maximum absolute atomic E-state index is 11.5. The largest absolute Gasteiger partial charge is 0.465 e. The van der Waals surface area contributed by atoms with Crippen LogP contribution in [0, 0.1) is 5.41 Å². The average molecular weight is 202 g/mol. The molecule has 1 heterocycles. The zero-order valence-corrected chi connectivity index (χ0v) is 9.04. The van der Waals surface area contributed by atoms with Gasteiger partial charge in [0.15, 0.2) is 0 Å². The smallest absolute Gasteiger partial charge is 0.316 e. The zero-order valence-electron chi connectivity index (χ0n) is 9.04. The van der Waals surface area contributed by atoms with Gasteiger partial charge in [-0.15, -0.1) is 0 Å². The van der Waals surface area contributed by atoms with Crippen LogP contribution in [0.15, 0.2) is 0 Å². The Balaban J connectivity index is 2.20. The third-order valence-electron chi connectivity index (χ3n) is 2.29. The van der Waals surface area contributed by atoms with Crippen LogP contribution in [-0.4, -0.2) is 18.9 Å². The minimum absolute atomic E-state index is 0.254. The second-order valence-corrected chi connectivity index (χ2v) is 4.09. The molecule has 0 aliphatic carbocycles. The van der Waals surface area contributed by atoms with Crippen LogP contribution in [0.5, 0.6) is 0 Å². The lowest BCUT2D eigenvalue weighted by atomic mass is 9.94. The van der Waals surface area contributed by atoms with Crippen molar-refractivity contribution in [3.8, 4) is 0 Å². The van der Waals surface area contributed by atoms with Crippen molar-refractivity contribution >= 4 is 5.97 Å². The van der Waals surface area contributed by atoms with Crippen LogP contribution in [0.3, 0.4) is 0 Å². The Bertz CT molecular complexity index is 196. The Morgan fingerprint density at radius 1 is 1.36 bits per heavy atom. The molecule has 0 aromatic heterocycles. The highest BCUT2D eigenvalue weighted by Crippen LogP contribution is 2.34. The van der Waals surface area contributed by atoms with Crippen LogP contribution in [0.25, 0.3) is 0 Å². The molecule has 0 unspecified atom stereocenters. The molecular formula is C10H18O4. The van der Waals surface area contributed by atoms with E-state index in [4.69, 9.17) is 4.74 Å². The molecule has 0 aromatic carbocycles. The minimum atomic E-state index is -0.688. The summed E-state index contributed by atoms with van der Waals surface area (Å²) in [6, 6.07) is 0. The summed E-state index contributed by atoms with van der Waals surface area (Å²) in [7, 11) is 0. The Kier molecular flexibility index (Phi) is 3.89. The molecule has 0 saturated carbocycles. The van der Waals surface area contributed by atoms with Crippen LogP contribution in [-0.2, 0) is 19.3 Å². The fraction of sp³-hybridized carbons (Fsp3) is 0.900. The van der Waals surface area contributed by atoms with Gasteiger partial charge >= 0.3 is 5.97 Å². The molecular weight excluding hydrogens is 184 g/mol. The van der Waals surface area contributed by atoms with E-state index in [9.17, 15) is 4.79 Å². The molecule has 0 bridgehead atoms. The maximum Gasteiger partial charge on any atom is 0.316 e. The molecule has 0 aromatic rings. The lowest BCUT2D eigenvalue weighted by molar-refractivity contribution is -0.155. The second kappa shape index (κ2) is 4.75. The molecule has 1 fully saturated rings. The van der Waals surface area contributed by atoms with Gasteiger partial charge in [0, 0.05) is 0 Å². The van der Waals surface area contributed by atoms with Gasteiger partial charge in [-0.25, -0.2) is 0 Å². The van der Waals surface area contributed by atoms with E-state index in [-0.39, 0.29) is 5.97 Å². The highest BCUT2D eigenvalue weighted by atomic mass is 17.4. The SMILES string of the molecule is CCCCCOC(=O)C(C)(C)C1OO1. The Labute approximate surface area is 84.4 Å². The van der Waals surface area contributed by atoms with Crippen molar-refractivity contribution in [3.63, 3.8) is 0 Å². The van der Waals surface area contributed by atoms with Crippen LogP contribution in [0.2, 0.25) is 0 Å². The molecule has 14 heavy (non-hydrogen) atoms. The van der Waals surface area contributed by atoms with Crippen LogP contribution >= 0.6 is 0 Å². The Hall–Kier alpha value is -0.610. The molecule has 1 aliphatic rings. The molecule has 1 rings (SSSR count). The molecule has 0 spiro atoms. The normalized spacial score (nSPS) is 16.8. The highest BCUT2D eigenvalue weighted by molar-refractivity contribution is 5.76. The first-order valence-electron chi connectivity index (χ1n) is 5.08. The summed E-state index contributed by atoms with van der Waals surface area (Å²) in [6.07, 6.45) is 2.70. The van der Waals surface area contributed by atoms with Gasteiger partial charge in [-0.05, 0) is 20.3 Å². The molecule has 82 valence electrons. The fourth-order valence-electron chi connectivity index (χ4n) is 1.07. The van der Waals surface area contributed by atoms with Crippen LogP contribution in [0.1, 0.15) is 40.0 Å². The zero-order chi connectivity index (χ0) is 10.6. The highest BCUT2D eigenvalue weighted by Gasteiger charge is 2.49. The van der Waals surface area contributed by atoms with Gasteiger partial charge in [0.25, 0.3) is 0 Å². The van der Waals surface area contributed by atoms with Crippen molar-refractivity contribution in [2.75, 3.05) is 6.61 Å². The van der Waals surface area contributed by atoms with Gasteiger partial charge in [-0.3, -0.25) is 4.79 Å². The molecule has 4 heteroatoms. The topological polar surface area (TPSA) is 51.4 Å². The predicted molar refractivity (Wildman–Crippen MR) is 50.2 cm³/mol. The van der Waals surface area contributed by atoms with Crippen molar-refractivity contribution in [1.82, 2.24) is 0 Å². The summed E-state index contributed by atoms with van der Waals surface area (Å²) in [5.41, 5.74) is -0.688. The third-order valence-corrected chi connectivity index (χ3v) is 2.29. The summed E-state index contributed by atoms with van der Waals surface area (Å²) >= 11 is 0. The molecule has 0 radical (unpaired) electrons. The van der Waals surface area contributed by atoms with Crippen molar-refractivity contribution in [2.45, 2.75) is 46.3 Å². The van der Waals surface area contributed by atoms with E-state index in [0.717, 1.165) is 19.3 Å². The van der Waals surface area contributed by atoms with Gasteiger partial charge in [0.2, 0.25) is 6.29 Å². The quantitative estimate of drug-likeness (QED) is 0.286. The van der Waals surface area contributed by atoms with E-state index in [1.54, 1.807) is 13.8 Å². The fourth-order valence-corrected chi connectivity index (χ4v) is 1.07. The van der Waals surface area contributed by atoms with Crippen molar-refractivity contribution < 1.29 is 19.3 Å². The van der Waals surface area contributed by atoms with E-state index < -0.39 is 11.7 Å². The number of hydrogen-bond donors (Lipinski definition) is 0. The number of carbonyl (C=O) groups excluding carboxylic acids is 1. The van der Waals surface area contributed by atoms with E-state index in [1.165, 1.54) is 0 Å². The molecule has 0 N–H and O–H groups in total. The van der Waals surface area contributed by atoms with Gasteiger partial charge in [0.1, 0.15) is 5.41 Å². The molecule has 1 aliphatic heterocycles. The van der Waals surface area contributed by atoms with Gasteiger partial charge < -0.3 is 4.74 Å². The molecule has 0 atom stereocenters. The first-order chi connectivity index (χ1) is 6.59. The van der Waals surface area contributed by atoms with Crippen molar-refractivity contribution in [3.05, 3.63) is 0 Å². The van der Waals surface area contributed by atoms with Crippen molar-refractivity contribution in [2.24, 2.45) is 5.41 Å². The first kappa shape index (κ1) is 11.5. The number of rotatable bonds is 6. The number of unbranched alkanes of at least 4 members (excludes halogenated alkanes) is 2. The van der Waals surface area contributed by atoms with E-state index in [1.807, 2.05) is 0 Å². The second-order valence-electron chi connectivity index (χ2n) is 4.09. The molecule has 0 amide bonds. The lowest BCUT2D eigenvalue weighted by Gasteiger charge is -2.17. The van der Waals surface area contributed by atoms with E-state index in [2.05, 4.69) is 16.7 Å². The minimum Gasteiger partial charge on any atom is -0.465 e. The summed E-state index contributed by atoms with van der Waals surface area (Å²) in [6.45, 7) is 6.11. The standard InChI is InChI=1S/C10H18O4/c1-4-5-6-7-12-8(11)10(2,3)9-13-14-9/h9H,4-7H2,1-3H3.